The summed E-state index contributed by atoms with van der Waals surface area (Å²) >= 11 is 16.1. The summed E-state index contributed by atoms with van der Waals surface area (Å²) in [7, 11) is -3.93. The fraction of sp³-hybridized carbons (Fsp3) is 0.0769. The lowest BCUT2D eigenvalue weighted by Crippen LogP contribution is -2.15. The number of hydrogen-bond donors (Lipinski definition) is 2. The number of halogens is 3. The van der Waals surface area contributed by atoms with Crippen molar-refractivity contribution in [3.8, 4) is 0 Å². The Hall–Kier alpha value is -0.700. The minimum atomic E-state index is -3.93. The second kappa shape index (κ2) is 7.35. The second-order valence-corrected chi connectivity index (χ2v) is 9.20. The quantitative estimate of drug-likeness (QED) is 0.460. The van der Waals surface area contributed by atoms with Crippen LogP contribution < -0.4 is 11.0 Å². The number of nitrogens with two attached hydrogens (primary N) is 1. The molecule has 3 N–H and O–H groups in total. The molecule has 0 saturated heterocycles. The van der Waals surface area contributed by atoms with E-state index in [0.29, 0.717) is 0 Å². The zero-order valence-corrected chi connectivity index (χ0v) is 13.4. The van der Waals surface area contributed by atoms with Crippen LogP contribution in [-0.4, -0.2) is 8.43 Å². The molecule has 20 heavy (non-hydrogen) atoms. The summed E-state index contributed by atoms with van der Waals surface area (Å²) in [5.41, 5.74) is 6.18. The SMILES string of the molecule is Nc1ccccc1.O=P(O)(c1ccccc1)C(Cl)(Cl)Cl. The van der Waals surface area contributed by atoms with Gasteiger partial charge in [0, 0.05) is 11.0 Å². The van der Waals surface area contributed by atoms with E-state index in [-0.39, 0.29) is 5.30 Å². The molecule has 108 valence electrons. The van der Waals surface area contributed by atoms with Gasteiger partial charge in [0.2, 0.25) is 0 Å². The van der Waals surface area contributed by atoms with Crippen LogP contribution in [0.4, 0.5) is 5.69 Å². The monoisotopic (exact) mass is 351 g/mol. The van der Waals surface area contributed by atoms with Crippen molar-refractivity contribution in [2.75, 3.05) is 5.73 Å². The topological polar surface area (TPSA) is 63.3 Å². The summed E-state index contributed by atoms with van der Waals surface area (Å²) in [6.07, 6.45) is 0. The minimum Gasteiger partial charge on any atom is -0.399 e. The van der Waals surface area contributed by atoms with Crippen LogP contribution in [0, 0.1) is 0 Å². The van der Waals surface area contributed by atoms with Crippen molar-refractivity contribution < 1.29 is 9.46 Å². The molecule has 0 spiro atoms. The predicted molar refractivity (Wildman–Crippen MR) is 87.0 cm³/mol. The third-order valence-corrected chi connectivity index (χ3v) is 6.00. The average Bonchev–Trinajstić information content (AvgIpc) is 2.40. The molecule has 0 bridgehead atoms. The third kappa shape index (κ3) is 5.01. The molecule has 0 aromatic heterocycles. The molecule has 7 heteroatoms. The van der Waals surface area contributed by atoms with Crippen molar-refractivity contribution in [3.63, 3.8) is 0 Å². The van der Waals surface area contributed by atoms with E-state index >= 15 is 0 Å². The number of alkyl halides is 3. The summed E-state index contributed by atoms with van der Waals surface area (Å²) in [5.74, 6) is 0. The molecule has 0 aliphatic heterocycles. The highest BCUT2D eigenvalue weighted by Crippen LogP contribution is 2.60. The molecule has 2 aromatic carbocycles. The number of para-hydroxylation sites is 1. The zero-order valence-electron chi connectivity index (χ0n) is 10.3. The maximum Gasteiger partial charge on any atom is 0.279 e. The first-order chi connectivity index (χ1) is 9.25. The van der Waals surface area contributed by atoms with Gasteiger partial charge in [0.25, 0.3) is 10.9 Å². The van der Waals surface area contributed by atoms with Crippen LogP contribution in [-0.2, 0) is 4.57 Å². The van der Waals surface area contributed by atoms with Gasteiger partial charge < -0.3 is 10.6 Å². The minimum absolute atomic E-state index is 0.134. The fourth-order valence-electron chi connectivity index (χ4n) is 1.23. The van der Waals surface area contributed by atoms with E-state index in [1.54, 1.807) is 18.2 Å². The van der Waals surface area contributed by atoms with Crippen LogP contribution >= 0.6 is 42.2 Å². The molecular weight excluding hydrogens is 339 g/mol. The Morgan fingerprint density at radius 1 is 0.900 bits per heavy atom. The van der Waals surface area contributed by atoms with Crippen LogP contribution in [0.2, 0.25) is 0 Å². The van der Waals surface area contributed by atoms with Gasteiger partial charge >= 0.3 is 0 Å². The predicted octanol–water partition coefficient (Wildman–Crippen LogP) is 4.18. The molecular formula is C13H13Cl3NO2P. The van der Waals surface area contributed by atoms with Crippen molar-refractivity contribution in [1.82, 2.24) is 0 Å². The Kier molecular flexibility index (Phi) is 6.38. The van der Waals surface area contributed by atoms with E-state index in [1.165, 1.54) is 12.1 Å². The lowest BCUT2D eigenvalue weighted by Gasteiger charge is -2.18. The van der Waals surface area contributed by atoms with Crippen molar-refractivity contribution in [2.45, 2.75) is 3.53 Å². The molecule has 0 heterocycles. The lowest BCUT2D eigenvalue weighted by molar-refractivity contribution is 0.490. The molecule has 2 aromatic rings. The van der Waals surface area contributed by atoms with E-state index < -0.39 is 10.9 Å². The number of benzene rings is 2. The average molecular weight is 353 g/mol. The van der Waals surface area contributed by atoms with E-state index in [0.717, 1.165) is 5.69 Å². The molecule has 0 fully saturated rings. The number of anilines is 1. The van der Waals surface area contributed by atoms with E-state index in [2.05, 4.69) is 0 Å². The van der Waals surface area contributed by atoms with Gasteiger partial charge in [0.15, 0.2) is 0 Å². The van der Waals surface area contributed by atoms with Crippen LogP contribution in [0.1, 0.15) is 0 Å². The maximum atomic E-state index is 11.6. The first-order valence-corrected chi connectivity index (χ1v) is 8.30. The summed E-state index contributed by atoms with van der Waals surface area (Å²) in [6.45, 7) is 0. The Morgan fingerprint density at radius 3 is 1.60 bits per heavy atom. The van der Waals surface area contributed by atoms with Crippen molar-refractivity contribution >= 4 is 53.2 Å². The molecule has 1 atom stereocenters. The number of nitrogen functional groups attached to an aromatic ring is 1. The van der Waals surface area contributed by atoms with Gasteiger partial charge in [-0.25, -0.2) is 0 Å². The van der Waals surface area contributed by atoms with Gasteiger partial charge in [-0.15, -0.1) is 0 Å². The van der Waals surface area contributed by atoms with Gasteiger partial charge in [-0.2, -0.15) is 0 Å². The summed E-state index contributed by atoms with van der Waals surface area (Å²) in [4.78, 5) is 9.48. The van der Waals surface area contributed by atoms with E-state index in [9.17, 15) is 9.46 Å². The number of hydrogen-bond acceptors (Lipinski definition) is 2. The molecule has 0 amide bonds. The first kappa shape index (κ1) is 17.4. The molecule has 0 saturated carbocycles. The van der Waals surface area contributed by atoms with Gasteiger partial charge in [-0.1, -0.05) is 71.2 Å². The second-order valence-electron chi connectivity index (χ2n) is 3.79. The van der Waals surface area contributed by atoms with Crippen molar-refractivity contribution in [1.29, 1.82) is 0 Å². The summed E-state index contributed by atoms with van der Waals surface area (Å²) in [5, 5.41) is 0.134. The standard InChI is InChI=1S/C7H6Cl3O2P.C6H7N/c8-7(9,10)13(11,12)6-4-2-1-3-5-6;7-6-4-2-1-3-5-6/h1-5H,(H,11,12);1-5H,7H2. The zero-order chi connectivity index (χ0) is 15.2. The van der Waals surface area contributed by atoms with Gasteiger partial charge in [0.1, 0.15) is 0 Å². The van der Waals surface area contributed by atoms with E-state index in [4.69, 9.17) is 40.5 Å². The first-order valence-electron chi connectivity index (χ1n) is 5.51. The Morgan fingerprint density at radius 2 is 1.30 bits per heavy atom. The summed E-state index contributed by atoms with van der Waals surface area (Å²) < 4.78 is 9.42. The smallest absolute Gasteiger partial charge is 0.279 e. The highest BCUT2D eigenvalue weighted by atomic mass is 35.6. The summed E-state index contributed by atoms with van der Waals surface area (Å²) in [6, 6.07) is 17.3. The highest BCUT2D eigenvalue weighted by molar-refractivity contribution is 7.73. The Bertz CT molecular complexity index is 573. The lowest BCUT2D eigenvalue weighted by atomic mass is 10.3. The van der Waals surface area contributed by atoms with Crippen molar-refractivity contribution in [3.05, 3.63) is 60.7 Å². The van der Waals surface area contributed by atoms with Crippen molar-refractivity contribution in [2.24, 2.45) is 0 Å². The third-order valence-electron chi connectivity index (χ3n) is 2.25. The van der Waals surface area contributed by atoms with E-state index in [1.807, 2.05) is 30.3 Å². The molecule has 1 unspecified atom stereocenters. The Labute approximate surface area is 132 Å². The Balaban J connectivity index is 0.000000240. The van der Waals surface area contributed by atoms with Gasteiger partial charge in [-0.3, -0.25) is 4.57 Å². The molecule has 0 aliphatic carbocycles. The normalized spacial score (nSPS) is 13.8. The van der Waals surface area contributed by atoms with Crippen LogP contribution in [0.25, 0.3) is 0 Å². The fourth-order valence-corrected chi connectivity index (χ4v) is 2.98. The molecule has 0 aliphatic rings. The maximum absolute atomic E-state index is 11.6. The van der Waals surface area contributed by atoms with Crippen LogP contribution in [0.5, 0.6) is 0 Å². The van der Waals surface area contributed by atoms with Crippen LogP contribution in [0.15, 0.2) is 60.7 Å². The largest absolute Gasteiger partial charge is 0.399 e. The molecule has 3 nitrogen and oxygen atoms in total. The van der Waals surface area contributed by atoms with Gasteiger partial charge in [0.05, 0.1) is 0 Å². The molecule has 2 rings (SSSR count). The van der Waals surface area contributed by atoms with Gasteiger partial charge in [-0.05, 0) is 24.3 Å². The highest BCUT2D eigenvalue weighted by Gasteiger charge is 2.44. The van der Waals surface area contributed by atoms with Crippen LogP contribution in [0.3, 0.4) is 0 Å². The number of rotatable bonds is 1. The molecule has 0 radical (unpaired) electrons.